The summed E-state index contributed by atoms with van der Waals surface area (Å²) < 4.78 is 0. The Kier molecular flexibility index (Phi) is 5.54. The van der Waals surface area contributed by atoms with Gasteiger partial charge in [-0.15, -0.1) is 0 Å². The Hall–Kier alpha value is -0.0400. The van der Waals surface area contributed by atoms with Crippen molar-refractivity contribution < 1.29 is 0 Å². The molecule has 84 valence electrons. The smallest absolute Gasteiger partial charge is 0.00207 e. The van der Waals surface area contributed by atoms with Crippen molar-refractivity contribution in [3.8, 4) is 0 Å². The van der Waals surface area contributed by atoms with Gasteiger partial charge in [-0.25, -0.2) is 0 Å². The second-order valence-corrected chi connectivity index (χ2v) is 5.15. The standard InChI is InChI=1S/C13H27N/c1-4-14-10-12(3)11(2)9-13-7-5-6-8-13/h11-14H,4-10H2,1-3H3. The summed E-state index contributed by atoms with van der Waals surface area (Å²) in [5.74, 6) is 2.79. The van der Waals surface area contributed by atoms with Gasteiger partial charge in [-0.05, 0) is 37.3 Å². The lowest BCUT2D eigenvalue weighted by atomic mass is 9.86. The van der Waals surface area contributed by atoms with Gasteiger partial charge in [0.2, 0.25) is 0 Å². The lowest BCUT2D eigenvalue weighted by Crippen LogP contribution is -2.25. The zero-order valence-electron chi connectivity index (χ0n) is 10.2. The van der Waals surface area contributed by atoms with E-state index in [9.17, 15) is 0 Å². The van der Waals surface area contributed by atoms with Crippen LogP contribution in [0, 0.1) is 17.8 Å². The van der Waals surface area contributed by atoms with E-state index in [-0.39, 0.29) is 0 Å². The normalized spacial score (nSPS) is 22.5. The molecule has 1 aliphatic rings. The van der Waals surface area contributed by atoms with Crippen molar-refractivity contribution in [3.05, 3.63) is 0 Å². The van der Waals surface area contributed by atoms with Gasteiger partial charge in [-0.3, -0.25) is 0 Å². The molecule has 0 aromatic rings. The molecule has 1 heteroatoms. The van der Waals surface area contributed by atoms with Crippen molar-refractivity contribution in [2.24, 2.45) is 17.8 Å². The summed E-state index contributed by atoms with van der Waals surface area (Å²) in [5.41, 5.74) is 0. The van der Waals surface area contributed by atoms with Crippen LogP contribution in [0.5, 0.6) is 0 Å². The highest BCUT2D eigenvalue weighted by Crippen LogP contribution is 2.32. The minimum Gasteiger partial charge on any atom is -0.317 e. The van der Waals surface area contributed by atoms with Gasteiger partial charge in [0, 0.05) is 0 Å². The van der Waals surface area contributed by atoms with Crippen LogP contribution in [0.2, 0.25) is 0 Å². The van der Waals surface area contributed by atoms with Crippen molar-refractivity contribution >= 4 is 0 Å². The Morgan fingerprint density at radius 1 is 1.14 bits per heavy atom. The first kappa shape index (κ1) is 12.0. The quantitative estimate of drug-likeness (QED) is 0.687. The Labute approximate surface area is 89.7 Å². The first-order valence-electron chi connectivity index (χ1n) is 6.44. The summed E-state index contributed by atoms with van der Waals surface area (Å²) in [6.07, 6.45) is 7.43. The SMILES string of the molecule is CCNCC(C)C(C)CC1CCCC1. The summed E-state index contributed by atoms with van der Waals surface area (Å²) >= 11 is 0. The molecule has 2 atom stereocenters. The third-order valence-corrected chi connectivity index (χ3v) is 3.87. The molecule has 2 unspecified atom stereocenters. The van der Waals surface area contributed by atoms with E-state index < -0.39 is 0 Å². The number of nitrogens with one attached hydrogen (secondary N) is 1. The van der Waals surface area contributed by atoms with Gasteiger partial charge in [0.15, 0.2) is 0 Å². The molecule has 1 fully saturated rings. The van der Waals surface area contributed by atoms with E-state index in [4.69, 9.17) is 0 Å². The van der Waals surface area contributed by atoms with Gasteiger partial charge in [0.1, 0.15) is 0 Å². The minimum absolute atomic E-state index is 0.843. The summed E-state index contributed by atoms with van der Waals surface area (Å²) in [7, 11) is 0. The lowest BCUT2D eigenvalue weighted by Gasteiger charge is -2.23. The minimum atomic E-state index is 0.843. The third-order valence-electron chi connectivity index (χ3n) is 3.87. The number of hydrogen-bond donors (Lipinski definition) is 1. The molecule has 0 saturated heterocycles. The molecular weight excluding hydrogens is 170 g/mol. The summed E-state index contributed by atoms with van der Waals surface area (Å²) in [6.45, 7) is 9.32. The van der Waals surface area contributed by atoms with Crippen molar-refractivity contribution in [1.29, 1.82) is 0 Å². The maximum absolute atomic E-state index is 3.45. The molecule has 0 aromatic carbocycles. The van der Waals surface area contributed by atoms with Crippen LogP contribution < -0.4 is 5.32 Å². The topological polar surface area (TPSA) is 12.0 Å². The molecule has 0 aromatic heterocycles. The van der Waals surface area contributed by atoms with Crippen molar-refractivity contribution in [1.82, 2.24) is 5.32 Å². The highest BCUT2D eigenvalue weighted by Gasteiger charge is 2.20. The zero-order chi connectivity index (χ0) is 10.4. The molecule has 0 heterocycles. The van der Waals surface area contributed by atoms with Gasteiger partial charge >= 0.3 is 0 Å². The van der Waals surface area contributed by atoms with Crippen LogP contribution in [-0.2, 0) is 0 Å². The van der Waals surface area contributed by atoms with E-state index in [1.54, 1.807) is 0 Å². The Balaban J connectivity index is 2.15. The highest BCUT2D eigenvalue weighted by molar-refractivity contribution is 4.73. The second kappa shape index (κ2) is 6.44. The number of rotatable bonds is 6. The molecular formula is C13H27N. The van der Waals surface area contributed by atoms with Gasteiger partial charge in [-0.2, -0.15) is 0 Å². The first-order valence-corrected chi connectivity index (χ1v) is 6.44. The van der Waals surface area contributed by atoms with Crippen molar-refractivity contribution in [2.45, 2.75) is 52.9 Å². The fourth-order valence-electron chi connectivity index (χ4n) is 2.58. The monoisotopic (exact) mass is 197 g/mol. The molecule has 1 N–H and O–H groups in total. The van der Waals surface area contributed by atoms with Crippen LogP contribution in [-0.4, -0.2) is 13.1 Å². The van der Waals surface area contributed by atoms with Crippen molar-refractivity contribution in [3.63, 3.8) is 0 Å². The molecule has 0 radical (unpaired) electrons. The van der Waals surface area contributed by atoms with Crippen LogP contribution in [0.3, 0.4) is 0 Å². The molecule has 0 bridgehead atoms. The average Bonchev–Trinajstić information content (AvgIpc) is 2.66. The van der Waals surface area contributed by atoms with Gasteiger partial charge in [-0.1, -0.05) is 46.5 Å². The van der Waals surface area contributed by atoms with E-state index >= 15 is 0 Å². The van der Waals surface area contributed by atoms with Gasteiger partial charge in [0.25, 0.3) is 0 Å². The van der Waals surface area contributed by atoms with E-state index in [0.29, 0.717) is 0 Å². The third kappa shape index (κ3) is 4.00. The molecule has 0 aliphatic heterocycles. The van der Waals surface area contributed by atoms with E-state index in [2.05, 4.69) is 26.1 Å². The molecule has 1 aliphatic carbocycles. The van der Waals surface area contributed by atoms with Crippen LogP contribution in [0.15, 0.2) is 0 Å². The maximum atomic E-state index is 3.45. The van der Waals surface area contributed by atoms with Gasteiger partial charge in [0.05, 0.1) is 0 Å². The zero-order valence-corrected chi connectivity index (χ0v) is 10.2. The maximum Gasteiger partial charge on any atom is -0.00207 e. The Bertz CT molecular complexity index is 138. The predicted octanol–water partition coefficient (Wildman–Crippen LogP) is 3.45. The summed E-state index contributed by atoms with van der Waals surface area (Å²) in [6, 6.07) is 0. The van der Waals surface area contributed by atoms with Crippen LogP contribution in [0.4, 0.5) is 0 Å². The van der Waals surface area contributed by atoms with Gasteiger partial charge < -0.3 is 5.32 Å². The number of hydrogen-bond acceptors (Lipinski definition) is 1. The first-order chi connectivity index (χ1) is 6.74. The second-order valence-electron chi connectivity index (χ2n) is 5.15. The summed E-state index contributed by atoms with van der Waals surface area (Å²) in [4.78, 5) is 0. The molecule has 14 heavy (non-hydrogen) atoms. The van der Waals surface area contributed by atoms with Crippen LogP contribution in [0.1, 0.15) is 52.9 Å². The van der Waals surface area contributed by atoms with E-state index in [1.165, 1.54) is 38.6 Å². The van der Waals surface area contributed by atoms with Crippen LogP contribution in [0.25, 0.3) is 0 Å². The molecule has 1 rings (SSSR count). The molecule has 1 saturated carbocycles. The predicted molar refractivity (Wildman–Crippen MR) is 63.4 cm³/mol. The molecule has 0 amide bonds. The Morgan fingerprint density at radius 3 is 2.36 bits per heavy atom. The van der Waals surface area contributed by atoms with Crippen LogP contribution >= 0.6 is 0 Å². The van der Waals surface area contributed by atoms with E-state index in [0.717, 1.165) is 24.3 Å². The molecule has 1 nitrogen and oxygen atoms in total. The van der Waals surface area contributed by atoms with Crippen molar-refractivity contribution in [2.75, 3.05) is 13.1 Å². The lowest BCUT2D eigenvalue weighted by molar-refractivity contribution is 0.297. The fourth-order valence-corrected chi connectivity index (χ4v) is 2.58. The average molecular weight is 197 g/mol. The summed E-state index contributed by atoms with van der Waals surface area (Å²) in [5, 5.41) is 3.45. The highest BCUT2D eigenvalue weighted by atomic mass is 14.8. The fraction of sp³-hybridized carbons (Fsp3) is 1.00. The van der Waals surface area contributed by atoms with E-state index in [1.807, 2.05) is 0 Å². The Morgan fingerprint density at radius 2 is 1.79 bits per heavy atom. The molecule has 0 spiro atoms. The largest absolute Gasteiger partial charge is 0.317 e.